The van der Waals surface area contributed by atoms with Crippen LogP contribution in [0.25, 0.3) is 0 Å². The molecule has 0 aromatic carbocycles. The fraction of sp³-hybridized carbons (Fsp3) is 1.00. The third kappa shape index (κ3) is 0.715. The molecule has 1 nitrogen and oxygen atoms in total. The summed E-state index contributed by atoms with van der Waals surface area (Å²) >= 11 is 0. The predicted molar refractivity (Wildman–Crippen MR) is 38.7 cm³/mol. The lowest BCUT2D eigenvalue weighted by molar-refractivity contribution is 0.0982. The summed E-state index contributed by atoms with van der Waals surface area (Å²) in [6, 6.07) is 0.196. The molecule has 2 heteroatoms. The standard InChI is InChI=1S/C8H14FN/c9-6-7-8(2-1-3-8)4-5-10-7/h7,10H,1-6H2. The molecule has 0 amide bonds. The lowest BCUT2D eigenvalue weighted by Crippen LogP contribution is -2.43. The molecule has 1 saturated carbocycles. The molecule has 1 aliphatic heterocycles. The summed E-state index contributed by atoms with van der Waals surface area (Å²) in [4.78, 5) is 0. The summed E-state index contributed by atoms with van der Waals surface area (Å²) in [7, 11) is 0. The fourth-order valence-electron chi connectivity index (χ4n) is 2.33. The van der Waals surface area contributed by atoms with Gasteiger partial charge in [-0.25, -0.2) is 4.39 Å². The molecule has 2 fully saturated rings. The minimum absolute atomic E-state index is 0.167. The summed E-state index contributed by atoms with van der Waals surface area (Å²) in [5.41, 5.74) is 0.398. The highest BCUT2D eigenvalue weighted by Crippen LogP contribution is 2.49. The van der Waals surface area contributed by atoms with Crippen molar-refractivity contribution in [2.75, 3.05) is 13.2 Å². The van der Waals surface area contributed by atoms with Crippen LogP contribution in [0.4, 0.5) is 4.39 Å². The molecule has 2 rings (SSSR count). The number of alkyl halides is 1. The van der Waals surface area contributed by atoms with Crippen molar-refractivity contribution >= 4 is 0 Å². The maximum atomic E-state index is 12.4. The van der Waals surface area contributed by atoms with E-state index >= 15 is 0 Å². The number of halogens is 1. The average Bonchev–Trinajstić information content (AvgIpc) is 2.27. The Balaban J connectivity index is 2.05. The van der Waals surface area contributed by atoms with Gasteiger partial charge < -0.3 is 5.32 Å². The van der Waals surface area contributed by atoms with Crippen LogP contribution < -0.4 is 5.32 Å². The van der Waals surface area contributed by atoms with Gasteiger partial charge in [-0.2, -0.15) is 0 Å². The smallest absolute Gasteiger partial charge is 0.105 e. The molecule has 1 atom stereocenters. The SMILES string of the molecule is FCC1NCCC12CCC2. The number of hydrogen-bond acceptors (Lipinski definition) is 1. The molecule has 0 aromatic rings. The van der Waals surface area contributed by atoms with E-state index in [1.165, 1.54) is 25.7 Å². The number of hydrogen-bond donors (Lipinski definition) is 1. The van der Waals surface area contributed by atoms with Crippen molar-refractivity contribution in [2.24, 2.45) is 5.41 Å². The minimum Gasteiger partial charge on any atom is -0.311 e. The molecule has 0 aromatic heterocycles. The molecule has 0 radical (unpaired) electrons. The predicted octanol–water partition coefficient (Wildman–Crippen LogP) is 1.49. The summed E-state index contributed by atoms with van der Waals surface area (Å²) < 4.78 is 12.4. The molecular weight excluding hydrogens is 129 g/mol. The normalized spacial score (nSPS) is 36.3. The summed E-state index contributed by atoms with van der Waals surface area (Å²) in [6.45, 7) is 0.870. The van der Waals surface area contributed by atoms with Crippen molar-refractivity contribution in [3.05, 3.63) is 0 Å². The second kappa shape index (κ2) is 2.19. The fourth-order valence-corrected chi connectivity index (χ4v) is 2.33. The third-order valence-corrected chi connectivity index (χ3v) is 3.26. The molecule has 1 unspecified atom stereocenters. The van der Waals surface area contributed by atoms with Crippen molar-refractivity contribution in [3.63, 3.8) is 0 Å². The molecule has 2 aliphatic rings. The van der Waals surface area contributed by atoms with E-state index in [9.17, 15) is 4.39 Å². The Kier molecular flexibility index (Phi) is 1.44. The van der Waals surface area contributed by atoms with Crippen LogP contribution in [0.2, 0.25) is 0 Å². The van der Waals surface area contributed by atoms with Gasteiger partial charge in [-0.3, -0.25) is 0 Å². The van der Waals surface area contributed by atoms with Crippen LogP contribution in [0, 0.1) is 5.41 Å². The number of rotatable bonds is 1. The zero-order chi connectivity index (χ0) is 7.03. The van der Waals surface area contributed by atoms with Crippen molar-refractivity contribution in [2.45, 2.75) is 31.7 Å². The van der Waals surface area contributed by atoms with E-state index in [0.717, 1.165) is 6.54 Å². The van der Waals surface area contributed by atoms with Gasteiger partial charge in [0.05, 0.1) is 0 Å². The molecular formula is C8H14FN. The van der Waals surface area contributed by atoms with Gasteiger partial charge in [0.2, 0.25) is 0 Å². The third-order valence-electron chi connectivity index (χ3n) is 3.26. The van der Waals surface area contributed by atoms with Crippen LogP contribution in [0.15, 0.2) is 0 Å². The molecule has 0 bridgehead atoms. The van der Waals surface area contributed by atoms with Gasteiger partial charge in [-0.1, -0.05) is 6.42 Å². The summed E-state index contributed by atoms with van der Waals surface area (Å²) in [6.07, 6.45) is 5.04. The van der Waals surface area contributed by atoms with E-state index in [4.69, 9.17) is 0 Å². The van der Waals surface area contributed by atoms with Gasteiger partial charge in [0.1, 0.15) is 6.67 Å². The average molecular weight is 143 g/mol. The Labute approximate surface area is 61.0 Å². The molecule has 58 valence electrons. The van der Waals surface area contributed by atoms with E-state index in [0.29, 0.717) is 5.41 Å². The maximum Gasteiger partial charge on any atom is 0.105 e. The first-order chi connectivity index (χ1) is 4.87. The van der Waals surface area contributed by atoms with Crippen LogP contribution >= 0.6 is 0 Å². The Morgan fingerprint density at radius 3 is 2.60 bits per heavy atom. The second-order valence-electron chi connectivity index (χ2n) is 3.63. The zero-order valence-electron chi connectivity index (χ0n) is 6.20. The Hall–Kier alpha value is -0.110. The Morgan fingerprint density at radius 2 is 2.20 bits per heavy atom. The van der Waals surface area contributed by atoms with Crippen LogP contribution in [0.5, 0.6) is 0 Å². The summed E-state index contributed by atoms with van der Waals surface area (Å²) in [5, 5.41) is 3.22. The lowest BCUT2D eigenvalue weighted by atomic mass is 9.64. The van der Waals surface area contributed by atoms with Gasteiger partial charge in [-0.15, -0.1) is 0 Å². The molecule has 10 heavy (non-hydrogen) atoms. The van der Waals surface area contributed by atoms with Gasteiger partial charge in [-0.05, 0) is 31.2 Å². The molecule has 1 spiro atoms. The van der Waals surface area contributed by atoms with Gasteiger partial charge >= 0.3 is 0 Å². The van der Waals surface area contributed by atoms with Crippen LogP contribution in [0.3, 0.4) is 0 Å². The van der Waals surface area contributed by atoms with Crippen molar-refractivity contribution in [1.29, 1.82) is 0 Å². The van der Waals surface area contributed by atoms with Gasteiger partial charge in [0.25, 0.3) is 0 Å². The first-order valence-corrected chi connectivity index (χ1v) is 4.17. The molecule has 1 saturated heterocycles. The lowest BCUT2D eigenvalue weighted by Gasteiger charge is -2.42. The van der Waals surface area contributed by atoms with Gasteiger partial charge in [0.15, 0.2) is 0 Å². The highest BCUT2D eigenvalue weighted by Gasteiger charge is 2.46. The van der Waals surface area contributed by atoms with Crippen molar-refractivity contribution < 1.29 is 4.39 Å². The van der Waals surface area contributed by atoms with E-state index in [2.05, 4.69) is 5.32 Å². The van der Waals surface area contributed by atoms with Crippen LogP contribution in [0.1, 0.15) is 25.7 Å². The number of nitrogens with one attached hydrogen (secondary N) is 1. The second-order valence-corrected chi connectivity index (χ2v) is 3.63. The Morgan fingerprint density at radius 1 is 1.40 bits per heavy atom. The molecule has 1 N–H and O–H groups in total. The van der Waals surface area contributed by atoms with E-state index in [1.54, 1.807) is 0 Å². The largest absolute Gasteiger partial charge is 0.311 e. The molecule has 1 heterocycles. The zero-order valence-corrected chi connectivity index (χ0v) is 6.20. The quantitative estimate of drug-likeness (QED) is 0.586. The monoisotopic (exact) mass is 143 g/mol. The van der Waals surface area contributed by atoms with E-state index in [1.807, 2.05) is 0 Å². The highest BCUT2D eigenvalue weighted by molar-refractivity contribution is 5.01. The van der Waals surface area contributed by atoms with E-state index < -0.39 is 0 Å². The van der Waals surface area contributed by atoms with Crippen molar-refractivity contribution in [3.8, 4) is 0 Å². The van der Waals surface area contributed by atoms with Crippen LogP contribution in [-0.2, 0) is 0 Å². The first-order valence-electron chi connectivity index (χ1n) is 4.17. The topological polar surface area (TPSA) is 12.0 Å². The Bertz CT molecular complexity index is 131. The minimum atomic E-state index is -0.167. The highest BCUT2D eigenvalue weighted by atomic mass is 19.1. The van der Waals surface area contributed by atoms with E-state index in [-0.39, 0.29) is 12.7 Å². The summed E-state index contributed by atoms with van der Waals surface area (Å²) in [5.74, 6) is 0. The first kappa shape index (κ1) is 6.59. The van der Waals surface area contributed by atoms with Gasteiger partial charge in [0, 0.05) is 6.04 Å². The molecule has 1 aliphatic carbocycles. The maximum absolute atomic E-state index is 12.4. The van der Waals surface area contributed by atoms with Crippen molar-refractivity contribution in [1.82, 2.24) is 5.32 Å². The van der Waals surface area contributed by atoms with Crippen LogP contribution in [-0.4, -0.2) is 19.3 Å².